The van der Waals surface area contributed by atoms with Crippen LogP contribution in [0.15, 0.2) is 62.1 Å². The number of nitrogen functional groups attached to an aromatic ring is 1. The van der Waals surface area contributed by atoms with Crippen LogP contribution in [0.25, 0.3) is 10.4 Å². The highest BCUT2D eigenvalue weighted by molar-refractivity contribution is 9.11. The highest BCUT2D eigenvalue weighted by Crippen LogP contribution is 2.66. The van der Waals surface area contributed by atoms with E-state index in [0.717, 1.165) is 25.9 Å². The number of methoxy groups -OCH3 is 1. The summed E-state index contributed by atoms with van der Waals surface area (Å²) in [6, 6.07) is 16.4. The highest BCUT2D eigenvalue weighted by atomic mass is 79.9. The molecular formula is C18H17BrN2OS2. The lowest BCUT2D eigenvalue weighted by molar-refractivity contribution is 0.414. The summed E-state index contributed by atoms with van der Waals surface area (Å²) >= 11 is 5.36. The predicted molar refractivity (Wildman–Crippen MR) is 107 cm³/mol. The first-order valence-electron chi connectivity index (χ1n) is 7.42. The van der Waals surface area contributed by atoms with Crippen molar-refractivity contribution in [3.05, 3.63) is 57.9 Å². The van der Waals surface area contributed by atoms with Gasteiger partial charge in [-0.2, -0.15) is 0 Å². The standard InChI is InChI=1S/C18H17BrN2OS2/c1-22-13-4-6-14(7-5-13)24(21)10-11-2-3-12(20)8-15(11)18-16(24)9-17(19)23-18/h2-9H,10,20-21H2,1H3. The quantitative estimate of drug-likeness (QED) is 0.547. The minimum atomic E-state index is -1.62. The first-order chi connectivity index (χ1) is 11.5. The van der Waals surface area contributed by atoms with Crippen LogP contribution >= 0.6 is 37.5 Å². The number of fused-ring (bicyclic) bond motifs is 3. The third-order valence-electron chi connectivity index (χ3n) is 4.30. The van der Waals surface area contributed by atoms with E-state index in [9.17, 15) is 0 Å². The molecule has 3 aromatic rings. The van der Waals surface area contributed by atoms with Gasteiger partial charge in [0.2, 0.25) is 0 Å². The zero-order valence-electron chi connectivity index (χ0n) is 13.1. The molecule has 6 heteroatoms. The summed E-state index contributed by atoms with van der Waals surface area (Å²) in [5, 5.41) is 7.05. The molecule has 1 unspecified atom stereocenters. The molecule has 3 nitrogen and oxygen atoms in total. The minimum absolute atomic E-state index is 0.785. The molecule has 0 saturated carbocycles. The molecule has 1 aromatic heterocycles. The van der Waals surface area contributed by atoms with Crippen LogP contribution in [0, 0.1) is 0 Å². The fourth-order valence-corrected chi connectivity index (χ4v) is 8.14. The number of thiophene rings is 1. The molecule has 124 valence electrons. The second kappa shape index (κ2) is 5.81. The van der Waals surface area contributed by atoms with Crippen molar-refractivity contribution in [3.8, 4) is 16.2 Å². The Balaban J connectivity index is 1.92. The van der Waals surface area contributed by atoms with Crippen LogP contribution in [0.2, 0.25) is 0 Å². The average molecular weight is 421 g/mol. The molecule has 4 rings (SSSR count). The summed E-state index contributed by atoms with van der Waals surface area (Å²) in [5.41, 5.74) is 9.27. The number of halogens is 1. The lowest BCUT2D eigenvalue weighted by atomic mass is 10.1. The Morgan fingerprint density at radius 1 is 1.12 bits per heavy atom. The van der Waals surface area contributed by atoms with E-state index in [1.807, 2.05) is 18.2 Å². The van der Waals surface area contributed by atoms with Gasteiger partial charge in [-0.3, -0.25) is 5.14 Å². The summed E-state index contributed by atoms with van der Waals surface area (Å²) in [6.07, 6.45) is 0. The Bertz CT molecular complexity index is 923. The molecule has 0 fully saturated rings. The minimum Gasteiger partial charge on any atom is -0.497 e. The summed E-state index contributed by atoms with van der Waals surface area (Å²) in [6.45, 7) is 0. The van der Waals surface area contributed by atoms with Crippen LogP contribution in [0.4, 0.5) is 5.69 Å². The SMILES string of the molecule is COc1ccc(S2(N)Cc3ccc(N)cc3-c3sc(Br)cc32)cc1. The van der Waals surface area contributed by atoms with Gasteiger partial charge in [0.25, 0.3) is 0 Å². The van der Waals surface area contributed by atoms with Gasteiger partial charge >= 0.3 is 0 Å². The van der Waals surface area contributed by atoms with Gasteiger partial charge in [-0.05, 0) is 69.5 Å². The van der Waals surface area contributed by atoms with Gasteiger partial charge in [-0.1, -0.05) is 6.07 Å². The lowest BCUT2D eigenvalue weighted by Crippen LogP contribution is -2.18. The largest absolute Gasteiger partial charge is 0.497 e. The van der Waals surface area contributed by atoms with Gasteiger partial charge in [0.15, 0.2) is 0 Å². The van der Waals surface area contributed by atoms with Crippen LogP contribution < -0.4 is 15.6 Å². The normalized spacial score (nSPS) is 21.5. The summed E-state index contributed by atoms with van der Waals surface area (Å²) in [5.74, 6) is 1.67. The molecule has 0 aliphatic carbocycles. The van der Waals surface area contributed by atoms with Crippen LogP contribution in [0.5, 0.6) is 5.75 Å². The van der Waals surface area contributed by atoms with Crippen molar-refractivity contribution < 1.29 is 4.74 Å². The van der Waals surface area contributed by atoms with Crippen molar-refractivity contribution in [2.24, 2.45) is 5.14 Å². The average Bonchev–Trinajstić information content (AvgIpc) is 2.99. The van der Waals surface area contributed by atoms with Crippen molar-refractivity contribution >= 4 is 43.2 Å². The molecular weight excluding hydrogens is 404 g/mol. The van der Waals surface area contributed by atoms with Crippen LogP contribution in [-0.2, 0) is 5.75 Å². The van der Waals surface area contributed by atoms with Crippen LogP contribution in [0.1, 0.15) is 5.56 Å². The molecule has 0 amide bonds. The fourth-order valence-electron chi connectivity index (χ4n) is 3.09. The van der Waals surface area contributed by atoms with E-state index in [2.05, 4.69) is 46.3 Å². The summed E-state index contributed by atoms with van der Waals surface area (Å²) in [7, 11) is 0.0515. The molecule has 0 bridgehead atoms. The second-order valence-electron chi connectivity index (χ2n) is 5.77. The first-order valence-corrected chi connectivity index (χ1v) is 10.9. The summed E-state index contributed by atoms with van der Waals surface area (Å²) < 4.78 is 6.38. The Morgan fingerprint density at radius 3 is 2.58 bits per heavy atom. The van der Waals surface area contributed by atoms with Gasteiger partial charge in [-0.15, -0.1) is 21.6 Å². The Kier molecular flexibility index (Phi) is 3.88. The zero-order valence-corrected chi connectivity index (χ0v) is 16.3. The number of rotatable bonds is 2. The van der Waals surface area contributed by atoms with E-state index >= 15 is 0 Å². The number of ether oxygens (including phenoxy) is 1. The topological polar surface area (TPSA) is 61.3 Å². The first kappa shape index (κ1) is 16.0. The van der Waals surface area contributed by atoms with Gasteiger partial charge in [0.05, 0.1) is 10.9 Å². The highest BCUT2D eigenvalue weighted by Gasteiger charge is 2.34. The zero-order chi connectivity index (χ0) is 16.9. The summed E-state index contributed by atoms with van der Waals surface area (Å²) in [4.78, 5) is 3.61. The Labute approximate surface area is 155 Å². The number of benzene rings is 2. The molecule has 24 heavy (non-hydrogen) atoms. The molecule has 0 radical (unpaired) electrons. The van der Waals surface area contributed by atoms with Crippen LogP contribution in [-0.4, -0.2) is 7.11 Å². The van der Waals surface area contributed by atoms with E-state index in [4.69, 9.17) is 15.6 Å². The Morgan fingerprint density at radius 2 is 1.88 bits per heavy atom. The maximum Gasteiger partial charge on any atom is 0.118 e. The van der Waals surface area contributed by atoms with E-state index < -0.39 is 10.2 Å². The lowest BCUT2D eigenvalue weighted by Gasteiger charge is -2.40. The smallest absolute Gasteiger partial charge is 0.118 e. The molecule has 0 spiro atoms. The molecule has 2 heterocycles. The van der Waals surface area contributed by atoms with Crippen molar-refractivity contribution in [1.82, 2.24) is 0 Å². The van der Waals surface area contributed by atoms with E-state index in [1.165, 1.54) is 20.9 Å². The number of nitrogens with two attached hydrogens (primary N) is 2. The molecule has 1 aliphatic rings. The van der Waals surface area contributed by atoms with E-state index in [-0.39, 0.29) is 0 Å². The van der Waals surface area contributed by atoms with Crippen LogP contribution in [0.3, 0.4) is 0 Å². The monoisotopic (exact) mass is 420 g/mol. The van der Waals surface area contributed by atoms with Crippen molar-refractivity contribution in [3.63, 3.8) is 0 Å². The van der Waals surface area contributed by atoms with Crippen molar-refractivity contribution in [1.29, 1.82) is 0 Å². The van der Waals surface area contributed by atoms with Gasteiger partial charge in [0, 0.05) is 26.1 Å². The molecule has 0 saturated heterocycles. The molecule has 1 atom stereocenters. The Hall–Kier alpha value is -1.47. The number of anilines is 1. The molecule has 4 N–H and O–H groups in total. The fraction of sp³-hybridized carbons (Fsp3) is 0.111. The van der Waals surface area contributed by atoms with Gasteiger partial charge < -0.3 is 10.5 Å². The number of hydrogen-bond donors (Lipinski definition) is 2. The molecule has 1 aliphatic heterocycles. The maximum absolute atomic E-state index is 7.05. The maximum atomic E-state index is 7.05. The van der Waals surface area contributed by atoms with Gasteiger partial charge in [0.1, 0.15) is 5.75 Å². The third kappa shape index (κ3) is 2.45. The number of hydrogen-bond acceptors (Lipinski definition) is 4. The predicted octanol–water partition coefficient (Wildman–Crippen LogP) is 5.38. The second-order valence-corrected chi connectivity index (χ2v) is 11.0. The van der Waals surface area contributed by atoms with Crippen molar-refractivity contribution in [2.75, 3.05) is 12.8 Å². The van der Waals surface area contributed by atoms with E-state index in [1.54, 1.807) is 18.4 Å². The van der Waals surface area contributed by atoms with Gasteiger partial charge in [-0.25, -0.2) is 0 Å². The van der Waals surface area contributed by atoms with E-state index in [0.29, 0.717) is 0 Å². The molecule has 2 aromatic carbocycles. The third-order valence-corrected chi connectivity index (χ3v) is 9.09. The van der Waals surface area contributed by atoms with Crippen molar-refractivity contribution in [2.45, 2.75) is 15.5 Å².